The van der Waals surface area contributed by atoms with E-state index in [1.165, 1.54) is 17.4 Å². The number of ether oxygens (including phenoxy) is 1. The Morgan fingerprint density at radius 1 is 1.25 bits per heavy atom. The Kier molecular flexibility index (Phi) is 4.85. The van der Waals surface area contributed by atoms with Crippen molar-refractivity contribution in [1.29, 1.82) is 0 Å². The van der Waals surface area contributed by atoms with Crippen LogP contribution in [0.1, 0.15) is 61.1 Å². The van der Waals surface area contributed by atoms with Gasteiger partial charge in [0.05, 0.1) is 0 Å². The number of benzene rings is 1. The monoisotopic (exact) mass is 381 g/mol. The number of rotatable bonds is 6. The molecule has 2 aromatic heterocycles. The lowest BCUT2D eigenvalue weighted by atomic mass is 10.1. The summed E-state index contributed by atoms with van der Waals surface area (Å²) in [4.78, 5) is 36.5. The van der Waals surface area contributed by atoms with Crippen LogP contribution in [0.15, 0.2) is 29.1 Å². The molecule has 1 amide bonds. The van der Waals surface area contributed by atoms with E-state index in [4.69, 9.17) is 10.5 Å². The van der Waals surface area contributed by atoms with Gasteiger partial charge in [-0.15, -0.1) is 0 Å². The van der Waals surface area contributed by atoms with E-state index in [9.17, 15) is 9.59 Å². The fraction of sp³-hybridized carbons (Fsp3) is 0.400. The molecule has 146 valence electrons. The normalized spacial score (nSPS) is 14.6. The molecule has 0 spiro atoms. The number of primary amides is 1. The molecule has 0 aliphatic heterocycles. The lowest BCUT2D eigenvalue weighted by Gasteiger charge is -2.11. The van der Waals surface area contributed by atoms with Gasteiger partial charge in [-0.25, -0.2) is 4.98 Å². The Balaban J connectivity index is 1.74. The molecule has 8 nitrogen and oxygen atoms in total. The van der Waals surface area contributed by atoms with Gasteiger partial charge >= 0.3 is 6.01 Å². The predicted molar refractivity (Wildman–Crippen MR) is 105 cm³/mol. The van der Waals surface area contributed by atoms with Crippen LogP contribution in [0.25, 0.3) is 11.2 Å². The summed E-state index contributed by atoms with van der Waals surface area (Å²) in [5, 5.41) is 0. The summed E-state index contributed by atoms with van der Waals surface area (Å²) >= 11 is 0. The van der Waals surface area contributed by atoms with Crippen molar-refractivity contribution in [1.82, 2.24) is 19.5 Å². The molecule has 2 heterocycles. The number of aromatic amines is 1. The van der Waals surface area contributed by atoms with Gasteiger partial charge < -0.3 is 15.5 Å². The Hall–Kier alpha value is -3.16. The Bertz CT molecular complexity index is 1060. The number of hydrogen-bond acceptors (Lipinski definition) is 5. The van der Waals surface area contributed by atoms with Crippen molar-refractivity contribution in [3.05, 3.63) is 46.0 Å². The number of imidazole rings is 1. The van der Waals surface area contributed by atoms with Gasteiger partial charge in [-0.1, -0.05) is 19.8 Å². The lowest BCUT2D eigenvalue weighted by Crippen LogP contribution is -2.23. The van der Waals surface area contributed by atoms with E-state index in [0.29, 0.717) is 34.9 Å². The molecule has 3 aromatic rings. The molecule has 1 aliphatic rings. The van der Waals surface area contributed by atoms with Crippen LogP contribution < -0.4 is 16.0 Å². The second-order valence-electron chi connectivity index (χ2n) is 7.14. The maximum atomic E-state index is 13.0. The van der Waals surface area contributed by atoms with Crippen molar-refractivity contribution in [3.63, 3.8) is 0 Å². The second kappa shape index (κ2) is 7.46. The molecular formula is C20H23N5O3. The maximum Gasteiger partial charge on any atom is 0.306 e. The van der Waals surface area contributed by atoms with Gasteiger partial charge in [0.15, 0.2) is 11.2 Å². The number of nitrogens with one attached hydrogen (secondary N) is 1. The molecular weight excluding hydrogens is 358 g/mol. The van der Waals surface area contributed by atoms with Crippen LogP contribution in [0.3, 0.4) is 0 Å². The quantitative estimate of drug-likeness (QED) is 0.681. The minimum atomic E-state index is -0.509. The van der Waals surface area contributed by atoms with Crippen LogP contribution in [0.5, 0.6) is 11.8 Å². The number of hydrogen-bond donors (Lipinski definition) is 2. The molecule has 1 saturated carbocycles. The average Bonchev–Trinajstić information content (AvgIpc) is 3.35. The van der Waals surface area contributed by atoms with Crippen LogP contribution >= 0.6 is 0 Å². The van der Waals surface area contributed by atoms with Gasteiger partial charge in [0.1, 0.15) is 11.6 Å². The number of nitrogens with zero attached hydrogens (tertiary/aromatic N) is 3. The standard InChI is InChI=1S/C20H23N5O3/c1-2-11-25-19(27)15-18(23-17(22-15)13-5-3-4-6-13)24-20(25)28-14-9-7-12(8-10-14)16(21)26/h7-10,13H,2-6,11H2,1H3,(H2,21,26)(H,22,23). The highest BCUT2D eigenvalue weighted by atomic mass is 16.5. The zero-order valence-electron chi connectivity index (χ0n) is 15.8. The summed E-state index contributed by atoms with van der Waals surface area (Å²) in [6.07, 6.45) is 5.29. The molecule has 0 saturated heterocycles. The molecule has 28 heavy (non-hydrogen) atoms. The van der Waals surface area contributed by atoms with Crippen LogP contribution in [0.2, 0.25) is 0 Å². The highest BCUT2D eigenvalue weighted by Gasteiger charge is 2.23. The number of amides is 1. The van der Waals surface area contributed by atoms with Gasteiger partial charge in [0.2, 0.25) is 5.91 Å². The van der Waals surface area contributed by atoms with E-state index in [0.717, 1.165) is 25.1 Å². The fourth-order valence-electron chi connectivity index (χ4n) is 3.67. The second-order valence-corrected chi connectivity index (χ2v) is 7.14. The number of carbonyl (C=O) groups is 1. The number of H-pyrrole nitrogens is 1. The third-order valence-electron chi connectivity index (χ3n) is 5.13. The number of aromatic nitrogens is 4. The van der Waals surface area contributed by atoms with Crippen molar-refractivity contribution in [2.24, 2.45) is 5.73 Å². The highest BCUT2D eigenvalue weighted by Crippen LogP contribution is 2.33. The van der Waals surface area contributed by atoms with Crippen LogP contribution in [-0.2, 0) is 6.54 Å². The van der Waals surface area contributed by atoms with E-state index >= 15 is 0 Å². The molecule has 0 unspecified atom stereocenters. The smallest absolute Gasteiger partial charge is 0.306 e. The molecule has 1 aromatic carbocycles. The van der Waals surface area contributed by atoms with E-state index in [-0.39, 0.29) is 11.6 Å². The zero-order valence-corrected chi connectivity index (χ0v) is 15.8. The summed E-state index contributed by atoms with van der Waals surface area (Å²) in [7, 11) is 0. The average molecular weight is 381 g/mol. The molecule has 0 atom stereocenters. The first-order valence-corrected chi connectivity index (χ1v) is 9.65. The van der Waals surface area contributed by atoms with E-state index < -0.39 is 5.91 Å². The van der Waals surface area contributed by atoms with Crippen molar-refractivity contribution < 1.29 is 9.53 Å². The van der Waals surface area contributed by atoms with Crippen molar-refractivity contribution in [3.8, 4) is 11.8 Å². The van der Waals surface area contributed by atoms with Crippen LogP contribution in [-0.4, -0.2) is 25.4 Å². The molecule has 0 radical (unpaired) electrons. The summed E-state index contributed by atoms with van der Waals surface area (Å²) in [5.74, 6) is 1.15. The minimum absolute atomic E-state index is 0.188. The van der Waals surface area contributed by atoms with Gasteiger partial charge in [0, 0.05) is 18.0 Å². The number of fused-ring (bicyclic) bond motifs is 1. The third kappa shape index (κ3) is 3.37. The van der Waals surface area contributed by atoms with Crippen molar-refractivity contribution in [2.45, 2.75) is 51.5 Å². The summed E-state index contributed by atoms with van der Waals surface area (Å²) < 4.78 is 7.38. The van der Waals surface area contributed by atoms with Crippen molar-refractivity contribution in [2.75, 3.05) is 0 Å². The Labute approximate surface area is 161 Å². The Morgan fingerprint density at radius 3 is 2.61 bits per heavy atom. The first-order valence-electron chi connectivity index (χ1n) is 9.65. The first kappa shape index (κ1) is 18.2. The first-order chi connectivity index (χ1) is 13.6. The van der Waals surface area contributed by atoms with Gasteiger partial charge in [-0.05, 0) is 43.5 Å². The van der Waals surface area contributed by atoms with E-state index in [2.05, 4.69) is 15.0 Å². The molecule has 0 bridgehead atoms. The Morgan fingerprint density at radius 2 is 1.96 bits per heavy atom. The topological polar surface area (TPSA) is 116 Å². The van der Waals surface area contributed by atoms with Gasteiger partial charge in [-0.3, -0.25) is 14.2 Å². The SMILES string of the molecule is CCCn1c(Oc2ccc(C(N)=O)cc2)nc2nc(C3CCCC3)[nH]c2c1=O. The minimum Gasteiger partial charge on any atom is -0.425 e. The van der Waals surface area contributed by atoms with E-state index in [1.54, 1.807) is 24.3 Å². The maximum absolute atomic E-state index is 13.0. The van der Waals surface area contributed by atoms with Crippen LogP contribution in [0, 0.1) is 0 Å². The summed E-state index contributed by atoms with van der Waals surface area (Å²) in [6.45, 7) is 2.47. The molecule has 4 rings (SSSR count). The number of carbonyl (C=O) groups excluding carboxylic acids is 1. The summed E-state index contributed by atoms with van der Waals surface area (Å²) in [6, 6.07) is 6.59. The van der Waals surface area contributed by atoms with Gasteiger partial charge in [0.25, 0.3) is 5.56 Å². The number of nitrogens with two attached hydrogens (primary N) is 1. The summed E-state index contributed by atoms with van der Waals surface area (Å²) in [5.41, 5.74) is 6.26. The van der Waals surface area contributed by atoms with Gasteiger partial charge in [-0.2, -0.15) is 4.98 Å². The molecule has 1 fully saturated rings. The molecule has 1 aliphatic carbocycles. The van der Waals surface area contributed by atoms with E-state index in [1.807, 2.05) is 6.92 Å². The van der Waals surface area contributed by atoms with Crippen molar-refractivity contribution >= 4 is 17.1 Å². The fourth-order valence-corrected chi connectivity index (χ4v) is 3.67. The highest BCUT2D eigenvalue weighted by molar-refractivity contribution is 5.92. The predicted octanol–water partition coefficient (Wildman–Crippen LogP) is 3.08. The molecule has 3 N–H and O–H groups in total. The third-order valence-corrected chi connectivity index (χ3v) is 5.13. The largest absolute Gasteiger partial charge is 0.425 e. The van der Waals surface area contributed by atoms with Crippen LogP contribution in [0.4, 0.5) is 0 Å². The zero-order chi connectivity index (χ0) is 19.7. The molecule has 8 heteroatoms. The lowest BCUT2D eigenvalue weighted by molar-refractivity contribution is 0.100.